The number of hydrogen-bond donors (Lipinski definition) is 1. The average molecular weight is 297 g/mol. The number of aromatic nitrogens is 2. The highest BCUT2D eigenvalue weighted by atomic mass is 32.2. The maximum atomic E-state index is 11.4. The fourth-order valence-corrected chi connectivity index (χ4v) is 2.41. The summed E-state index contributed by atoms with van der Waals surface area (Å²) in [6.45, 7) is 9.20. The molecular weight excluding hydrogens is 274 g/mol. The standard InChI is InChI=1S/C14H23N3O2S/c1-5-8-15-13-10(4)14(17-11(6-2)16-13)20-9-12(18)19-7-3/h5-9H2,1-4H3,(H,15,16,17). The van der Waals surface area contributed by atoms with E-state index in [0.717, 1.165) is 41.6 Å². The summed E-state index contributed by atoms with van der Waals surface area (Å²) in [4.78, 5) is 20.4. The van der Waals surface area contributed by atoms with Crippen molar-refractivity contribution in [3.8, 4) is 0 Å². The first-order valence-corrected chi connectivity index (χ1v) is 8.00. The Bertz CT molecular complexity index is 452. The molecule has 0 saturated heterocycles. The van der Waals surface area contributed by atoms with Crippen molar-refractivity contribution in [2.24, 2.45) is 0 Å². The van der Waals surface area contributed by atoms with Crippen molar-refractivity contribution < 1.29 is 9.53 Å². The van der Waals surface area contributed by atoms with Gasteiger partial charge in [-0.15, -0.1) is 0 Å². The smallest absolute Gasteiger partial charge is 0.316 e. The summed E-state index contributed by atoms with van der Waals surface area (Å²) in [6.07, 6.45) is 1.81. The zero-order valence-corrected chi connectivity index (χ0v) is 13.5. The molecule has 0 aliphatic heterocycles. The summed E-state index contributed by atoms with van der Waals surface area (Å²) in [5, 5.41) is 4.16. The molecule has 20 heavy (non-hydrogen) atoms. The monoisotopic (exact) mass is 297 g/mol. The van der Waals surface area contributed by atoms with Crippen LogP contribution in [-0.2, 0) is 16.0 Å². The maximum absolute atomic E-state index is 11.4. The molecule has 0 atom stereocenters. The molecule has 0 fully saturated rings. The summed E-state index contributed by atoms with van der Waals surface area (Å²) < 4.78 is 4.94. The lowest BCUT2D eigenvalue weighted by Crippen LogP contribution is -2.10. The molecule has 0 amide bonds. The molecule has 1 aromatic heterocycles. The molecule has 1 heterocycles. The van der Waals surface area contributed by atoms with Crippen LogP contribution in [0.2, 0.25) is 0 Å². The van der Waals surface area contributed by atoms with Gasteiger partial charge in [0.05, 0.1) is 12.4 Å². The molecule has 0 saturated carbocycles. The normalized spacial score (nSPS) is 10.4. The van der Waals surface area contributed by atoms with Crippen LogP contribution in [-0.4, -0.2) is 34.8 Å². The van der Waals surface area contributed by atoms with Gasteiger partial charge in [0.2, 0.25) is 0 Å². The Morgan fingerprint density at radius 2 is 2.05 bits per heavy atom. The second-order valence-electron chi connectivity index (χ2n) is 4.29. The third kappa shape index (κ3) is 5.00. The largest absolute Gasteiger partial charge is 0.465 e. The van der Waals surface area contributed by atoms with Gasteiger partial charge in [-0.25, -0.2) is 9.97 Å². The minimum atomic E-state index is -0.211. The van der Waals surface area contributed by atoms with E-state index >= 15 is 0 Å². The summed E-state index contributed by atoms with van der Waals surface area (Å²) in [5.41, 5.74) is 0.991. The molecule has 0 bridgehead atoms. The molecule has 112 valence electrons. The van der Waals surface area contributed by atoms with Gasteiger partial charge < -0.3 is 10.1 Å². The maximum Gasteiger partial charge on any atom is 0.316 e. The van der Waals surface area contributed by atoms with Crippen LogP contribution < -0.4 is 5.32 Å². The minimum absolute atomic E-state index is 0.211. The second-order valence-corrected chi connectivity index (χ2v) is 5.26. The molecule has 1 rings (SSSR count). The van der Waals surface area contributed by atoms with Crippen molar-refractivity contribution >= 4 is 23.5 Å². The van der Waals surface area contributed by atoms with Gasteiger partial charge >= 0.3 is 5.97 Å². The number of carbonyl (C=O) groups excluding carboxylic acids is 1. The first kappa shape index (κ1) is 16.8. The topological polar surface area (TPSA) is 64.1 Å². The highest BCUT2D eigenvalue weighted by Gasteiger charge is 2.12. The SMILES string of the molecule is CCCNc1nc(CC)nc(SCC(=O)OCC)c1C. The lowest BCUT2D eigenvalue weighted by Gasteiger charge is -2.12. The van der Waals surface area contributed by atoms with E-state index in [1.54, 1.807) is 6.92 Å². The molecule has 5 nitrogen and oxygen atoms in total. The number of esters is 1. The summed E-state index contributed by atoms with van der Waals surface area (Å²) in [7, 11) is 0. The molecule has 0 aliphatic carbocycles. The van der Waals surface area contributed by atoms with Crippen LogP contribution in [0, 0.1) is 6.92 Å². The third-order valence-corrected chi connectivity index (χ3v) is 3.69. The van der Waals surface area contributed by atoms with Crippen molar-refractivity contribution in [3.63, 3.8) is 0 Å². The van der Waals surface area contributed by atoms with E-state index < -0.39 is 0 Å². The van der Waals surface area contributed by atoms with Gasteiger partial charge in [-0.3, -0.25) is 4.79 Å². The molecular formula is C14H23N3O2S. The molecule has 1 aromatic rings. The number of nitrogens with one attached hydrogen (secondary N) is 1. The van der Waals surface area contributed by atoms with E-state index in [-0.39, 0.29) is 11.7 Å². The molecule has 6 heteroatoms. The van der Waals surface area contributed by atoms with E-state index in [2.05, 4.69) is 22.2 Å². The van der Waals surface area contributed by atoms with Crippen molar-refractivity contribution in [1.82, 2.24) is 9.97 Å². The highest BCUT2D eigenvalue weighted by molar-refractivity contribution is 7.99. The van der Waals surface area contributed by atoms with Crippen LogP contribution in [0.3, 0.4) is 0 Å². The van der Waals surface area contributed by atoms with E-state index in [0.29, 0.717) is 6.61 Å². The third-order valence-electron chi connectivity index (χ3n) is 2.64. The number of thioether (sulfide) groups is 1. The number of rotatable bonds is 8. The quantitative estimate of drug-likeness (QED) is 0.452. The Hall–Kier alpha value is -1.30. The Labute approximate surface area is 124 Å². The Balaban J connectivity index is 2.85. The summed E-state index contributed by atoms with van der Waals surface area (Å²) in [6, 6.07) is 0. The van der Waals surface area contributed by atoms with Crippen molar-refractivity contribution in [3.05, 3.63) is 11.4 Å². The number of hydrogen-bond acceptors (Lipinski definition) is 6. The second kappa shape index (κ2) is 8.79. The van der Waals surface area contributed by atoms with E-state index in [1.807, 2.05) is 13.8 Å². The van der Waals surface area contributed by atoms with Crippen LogP contribution >= 0.6 is 11.8 Å². The number of aryl methyl sites for hydroxylation is 1. The zero-order chi connectivity index (χ0) is 15.0. The highest BCUT2D eigenvalue weighted by Crippen LogP contribution is 2.25. The summed E-state index contributed by atoms with van der Waals surface area (Å²) in [5.74, 6) is 1.73. The fraction of sp³-hybridized carbons (Fsp3) is 0.643. The van der Waals surface area contributed by atoms with Crippen molar-refractivity contribution in [1.29, 1.82) is 0 Å². The predicted octanol–water partition coefficient (Wildman–Crippen LogP) is 2.82. The Morgan fingerprint density at radius 1 is 1.30 bits per heavy atom. The van der Waals surface area contributed by atoms with Crippen molar-refractivity contribution in [2.45, 2.75) is 45.6 Å². The van der Waals surface area contributed by atoms with Crippen LogP contribution in [0.5, 0.6) is 0 Å². The Morgan fingerprint density at radius 3 is 2.65 bits per heavy atom. The Kier molecular flexibility index (Phi) is 7.36. The molecule has 0 aromatic carbocycles. The van der Waals surface area contributed by atoms with Gasteiger partial charge in [-0.2, -0.15) is 0 Å². The van der Waals surface area contributed by atoms with E-state index in [9.17, 15) is 4.79 Å². The van der Waals surface area contributed by atoms with E-state index in [1.165, 1.54) is 11.8 Å². The first-order valence-electron chi connectivity index (χ1n) is 7.02. The number of carbonyl (C=O) groups is 1. The first-order chi connectivity index (χ1) is 9.62. The molecule has 0 radical (unpaired) electrons. The molecule has 1 N–H and O–H groups in total. The number of ether oxygens (including phenoxy) is 1. The lowest BCUT2D eigenvalue weighted by molar-refractivity contribution is -0.139. The summed E-state index contributed by atoms with van der Waals surface area (Å²) >= 11 is 1.41. The number of nitrogens with zero attached hydrogens (tertiary/aromatic N) is 2. The predicted molar refractivity (Wildman–Crippen MR) is 82.3 cm³/mol. The van der Waals surface area contributed by atoms with Gasteiger partial charge in [-0.1, -0.05) is 25.6 Å². The number of anilines is 1. The van der Waals surface area contributed by atoms with Gasteiger partial charge in [0, 0.05) is 18.5 Å². The minimum Gasteiger partial charge on any atom is -0.465 e. The molecule has 0 unspecified atom stereocenters. The molecule has 0 aliphatic rings. The lowest BCUT2D eigenvalue weighted by atomic mass is 10.3. The average Bonchev–Trinajstić information content (AvgIpc) is 2.45. The molecule has 0 spiro atoms. The van der Waals surface area contributed by atoms with Gasteiger partial charge in [0.25, 0.3) is 0 Å². The van der Waals surface area contributed by atoms with Gasteiger partial charge in [-0.05, 0) is 20.3 Å². The van der Waals surface area contributed by atoms with Gasteiger partial charge in [0.1, 0.15) is 16.7 Å². The fourth-order valence-electron chi connectivity index (χ4n) is 1.58. The zero-order valence-electron chi connectivity index (χ0n) is 12.7. The van der Waals surface area contributed by atoms with E-state index in [4.69, 9.17) is 4.74 Å². The van der Waals surface area contributed by atoms with Crippen molar-refractivity contribution in [2.75, 3.05) is 24.2 Å². The van der Waals surface area contributed by atoms with Crippen LogP contribution in [0.1, 0.15) is 38.6 Å². The van der Waals surface area contributed by atoms with Crippen LogP contribution in [0.4, 0.5) is 5.82 Å². The van der Waals surface area contributed by atoms with Gasteiger partial charge in [0.15, 0.2) is 0 Å². The van der Waals surface area contributed by atoms with Crippen LogP contribution in [0.15, 0.2) is 5.03 Å². The van der Waals surface area contributed by atoms with Crippen LogP contribution in [0.25, 0.3) is 0 Å².